The lowest BCUT2D eigenvalue weighted by Gasteiger charge is -2.37. The number of aromatic amines is 1. The molecule has 2 aliphatic heterocycles. The summed E-state index contributed by atoms with van der Waals surface area (Å²) in [6.07, 6.45) is 2.16. The smallest absolute Gasteiger partial charge is 0.258 e. The number of aromatic nitrogens is 5. The highest BCUT2D eigenvalue weighted by molar-refractivity contribution is 5.80. The normalized spacial score (nSPS) is 19.2. The van der Waals surface area contributed by atoms with E-state index in [-0.39, 0.29) is 17.7 Å². The second-order valence-electron chi connectivity index (χ2n) is 11.3. The van der Waals surface area contributed by atoms with Crippen LogP contribution < -0.4 is 15.4 Å². The first-order valence-corrected chi connectivity index (χ1v) is 14.1. The fraction of sp³-hybridized carbons (Fsp3) is 0.467. The summed E-state index contributed by atoms with van der Waals surface area (Å²) >= 11 is 0. The number of fused-ring (bicyclic) bond motifs is 1. The fourth-order valence-corrected chi connectivity index (χ4v) is 6.16. The quantitative estimate of drug-likeness (QED) is 0.399. The predicted molar refractivity (Wildman–Crippen MR) is 152 cm³/mol. The van der Waals surface area contributed by atoms with Crippen LogP contribution in [-0.2, 0) is 11.3 Å². The van der Waals surface area contributed by atoms with E-state index < -0.39 is 0 Å². The van der Waals surface area contributed by atoms with Gasteiger partial charge >= 0.3 is 0 Å². The van der Waals surface area contributed by atoms with Gasteiger partial charge in [-0.2, -0.15) is 0 Å². The van der Waals surface area contributed by atoms with E-state index in [1.54, 1.807) is 0 Å². The van der Waals surface area contributed by atoms with Crippen LogP contribution in [0.2, 0.25) is 0 Å². The number of H-pyrrole nitrogens is 1. The van der Waals surface area contributed by atoms with Crippen LogP contribution in [0.25, 0.3) is 10.9 Å². The summed E-state index contributed by atoms with van der Waals surface area (Å²) in [5.41, 5.74) is 7.71. The molecule has 0 aliphatic carbocycles. The number of rotatable bonds is 6. The molecule has 0 spiro atoms. The highest BCUT2D eigenvalue weighted by atomic mass is 16.5. The van der Waals surface area contributed by atoms with Gasteiger partial charge in [-0.15, -0.1) is 5.10 Å². The van der Waals surface area contributed by atoms with Crippen LogP contribution in [0.5, 0.6) is 0 Å². The molecule has 39 heavy (non-hydrogen) atoms. The van der Waals surface area contributed by atoms with Crippen molar-refractivity contribution in [2.24, 2.45) is 0 Å². The number of nitrogens with one attached hydrogen (secondary N) is 2. The van der Waals surface area contributed by atoms with Crippen molar-refractivity contribution in [2.45, 2.75) is 59.2 Å². The summed E-state index contributed by atoms with van der Waals surface area (Å²) in [6, 6.07) is 12.6. The number of piperazine rings is 1. The molecular formula is C30H38N7O2+. The Labute approximate surface area is 228 Å². The Hall–Kier alpha value is -3.56. The van der Waals surface area contributed by atoms with Crippen molar-refractivity contribution in [2.75, 3.05) is 37.7 Å². The largest absolute Gasteiger partial charge is 0.376 e. The van der Waals surface area contributed by atoms with Crippen LogP contribution in [0.15, 0.2) is 41.2 Å². The van der Waals surface area contributed by atoms with Crippen LogP contribution in [0.1, 0.15) is 52.5 Å². The third-order valence-electron chi connectivity index (χ3n) is 8.54. The van der Waals surface area contributed by atoms with Gasteiger partial charge in [0.25, 0.3) is 5.56 Å². The lowest BCUT2D eigenvalue weighted by Crippen LogP contribution is -3.15. The molecular weight excluding hydrogens is 490 g/mol. The van der Waals surface area contributed by atoms with E-state index in [0.717, 1.165) is 67.9 Å². The number of hydrogen-bond donors (Lipinski definition) is 2. The van der Waals surface area contributed by atoms with Crippen molar-refractivity contribution in [3.63, 3.8) is 0 Å². The molecule has 2 aliphatic rings. The summed E-state index contributed by atoms with van der Waals surface area (Å²) < 4.78 is 7.77. The number of tetrazole rings is 1. The molecule has 0 amide bonds. The molecule has 2 unspecified atom stereocenters. The van der Waals surface area contributed by atoms with E-state index in [1.165, 1.54) is 27.3 Å². The standard InChI is InChI=1S/C30H37N7O2/c1-19-7-8-20(2)27(14-19)35-9-11-36(12-10-35)28(29-32-33-34-37(29)18-24-6-5-13-39-24)25-17-23-15-21(3)22(4)16-26(23)31-30(25)38/h7-8,14-17,24,28H,5-6,9-13,18H2,1-4H3,(H,31,38)/p+1. The van der Waals surface area contributed by atoms with E-state index in [1.807, 2.05) is 4.68 Å². The van der Waals surface area contributed by atoms with Gasteiger partial charge in [0, 0.05) is 17.8 Å². The maximum atomic E-state index is 13.7. The lowest BCUT2D eigenvalue weighted by molar-refractivity contribution is -0.927. The molecule has 2 aromatic carbocycles. The number of benzene rings is 2. The van der Waals surface area contributed by atoms with Crippen molar-refractivity contribution in [1.82, 2.24) is 25.2 Å². The van der Waals surface area contributed by atoms with Crippen molar-refractivity contribution in [1.29, 1.82) is 0 Å². The summed E-state index contributed by atoms with van der Waals surface area (Å²) in [5, 5.41) is 14.0. The van der Waals surface area contributed by atoms with Crippen LogP contribution in [0.3, 0.4) is 0 Å². The molecule has 2 N–H and O–H groups in total. The van der Waals surface area contributed by atoms with E-state index in [9.17, 15) is 4.79 Å². The number of aryl methyl sites for hydroxylation is 4. The zero-order valence-corrected chi connectivity index (χ0v) is 23.3. The van der Waals surface area contributed by atoms with Gasteiger partial charge in [0.2, 0.25) is 5.82 Å². The maximum Gasteiger partial charge on any atom is 0.258 e. The Balaban J connectivity index is 1.38. The topological polar surface area (TPSA) is 93.4 Å². The maximum absolute atomic E-state index is 13.7. The number of quaternary nitrogens is 1. The monoisotopic (exact) mass is 528 g/mol. The summed E-state index contributed by atoms with van der Waals surface area (Å²) in [6.45, 7) is 13.4. The van der Waals surface area contributed by atoms with Crippen LogP contribution in [-0.4, -0.2) is 64.1 Å². The average Bonchev–Trinajstić information content (AvgIpc) is 3.61. The number of nitrogens with zero attached hydrogens (tertiary/aromatic N) is 5. The number of hydrogen-bond acceptors (Lipinski definition) is 6. The molecule has 2 saturated heterocycles. The van der Waals surface area contributed by atoms with E-state index >= 15 is 0 Å². The third kappa shape index (κ3) is 5.08. The molecule has 0 radical (unpaired) electrons. The van der Waals surface area contributed by atoms with Crippen molar-refractivity contribution < 1.29 is 9.64 Å². The molecule has 2 aromatic heterocycles. The van der Waals surface area contributed by atoms with Crippen molar-refractivity contribution in [3.05, 3.63) is 80.4 Å². The predicted octanol–water partition coefficient (Wildman–Crippen LogP) is 2.42. The number of ether oxygens (including phenoxy) is 1. The first kappa shape index (κ1) is 25.7. The molecule has 0 bridgehead atoms. The Kier molecular flexibility index (Phi) is 6.95. The summed E-state index contributed by atoms with van der Waals surface area (Å²) in [7, 11) is 0. The van der Waals surface area contributed by atoms with Crippen molar-refractivity contribution >= 4 is 16.6 Å². The molecule has 6 rings (SSSR count). The van der Waals surface area contributed by atoms with Gasteiger partial charge in [-0.3, -0.25) is 4.79 Å². The molecule has 4 aromatic rings. The molecule has 2 atom stereocenters. The van der Waals surface area contributed by atoms with Crippen LogP contribution in [0.4, 0.5) is 5.69 Å². The second-order valence-corrected chi connectivity index (χ2v) is 11.3. The SMILES string of the molecule is Cc1ccc(C)c(N2CC[NH+](C(c3cc4cc(C)c(C)cc4[nH]c3=O)c3nnnn3CC3CCCO3)CC2)c1. The lowest BCUT2D eigenvalue weighted by atomic mass is 10.00. The van der Waals surface area contributed by atoms with Gasteiger partial charge in [-0.05, 0) is 103 Å². The van der Waals surface area contributed by atoms with Gasteiger partial charge in [0.05, 0.1) is 44.4 Å². The Morgan fingerprint density at radius 2 is 1.85 bits per heavy atom. The zero-order valence-electron chi connectivity index (χ0n) is 23.3. The van der Waals surface area contributed by atoms with Crippen molar-refractivity contribution in [3.8, 4) is 0 Å². The highest BCUT2D eigenvalue weighted by Gasteiger charge is 2.37. The van der Waals surface area contributed by atoms with Gasteiger partial charge in [-0.1, -0.05) is 12.1 Å². The third-order valence-corrected chi connectivity index (χ3v) is 8.54. The second kappa shape index (κ2) is 10.5. The van der Waals surface area contributed by atoms with Gasteiger partial charge in [-0.25, -0.2) is 4.68 Å². The summed E-state index contributed by atoms with van der Waals surface area (Å²) in [5.74, 6) is 0.731. The molecule has 2 fully saturated rings. The fourth-order valence-electron chi connectivity index (χ4n) is 6.16. The van der Waals surface area contributed by atoms with Crippen LogP contribution in [0, 0.1) is 27.7 Å². The number of pyridine rings is 1. The van der Waals surface area contributed by atoms with Gasteiger partial charge in [0.1, 0.15) is 0 Å². The molecule has 9 nitrogen and oxygen atoms in total. The number of anilines is 1. The first-order valence-electron chi connectivity index (χ1n) is 14.1. The minimum atomic E-state index is -0.281. The molecule has 9 heteroatoms. The minimum absolute atomic E-state index is 0.0770. The molecule has 4 heterocycles. The van der Waals surface area contributed by atoms with E-state index in [2.05, 4.69) is 89.5 Å². The zero-order chi connectivity index (χ0) is 27.1. The minimum Gasteiger partial charge on any atom is -0.376 e. The van der Waals surface area contributed by atoms with Crippen LogP contribution >= 0.6 is 0 Å². The van der Waals surface area contributed by atoms with E-state index in [4.69, 9.17) is 4.74 Å². The highest BCUT2D eigenvalue weighted by Crippen LogP contribution is 2.24. The summed E-state index contributed by atoms with van der Waals surface area (Å²) in [4.78, 5) is 20.6. The Morgan fingerprint density at radius 1 is 1.05 bits per heavy atom. The molecule has 204 valence electrons. The Bertz CT molecular complexity index is 1540. The average molecular weight is 529 g/mol. The van der Waals surface area contributed by atoms with Gasteiger partial charge < -0.3 is 19.5 Å². The van der Waals surface area contributed by atoms with Gasteiger partial charge in [0.15, 0.2) is 6.04 Å². The van der Waals surface area contributed by atoms with E-state index in [0.29, 0.717) is 12.1 Å². The Morgan fingerprint density at radius 3 is 2.62 bits per heavy atom. The first-order chi connectivity index (χ1) is 18.9. The molecule has 0 saturated carbocycles.